The summed E-state index contributed by atoms with van der Waals surface area (Å²) in [5.74, 6) is -0.184. The number of nitrogens with one attached hydrogen (secondary N) is 1. The van der Waals surface area contributed by atoms with Crippen LogP contribution in [0.1, 0.15) is 45.1 Å². The average molecular weight is 341 g/mol. The molecule has 1 aromatic heterocycles. The quantitative estimate of drug-likeness (QED) is 0.877. The molecular formula is C20H27N3O2. The molecule has 1 saturated heterocycles. The second kappa shape index (κ2) is 7.00. The first kappa shape index (κ1) is 17.7. The number of rotatable bonds is 5. The largest absolute Gasteiger partial charge is 0.361 e. The molecule has 5 nitrogen and oxygen atoms in total. The van der Waals surface area contributed by atoms with E-state index >= 15 is 0 Å². The van der Waals surface area contributed by atoms with Gasteiger partial charge in [0.15, 0.2) is 0 Å². The number of para-hydroxylation sites is 1. The highest BCUT2D eigenvalue weighted by molar-refractivity contribution is 5.93. The van der Waals surface area contributed by atoms with Crippen molar-refractivity contribution in [1.82, 2.24) is 9.88 Å². The fourth-order valence-corrected chi connectivity index (χ4v) is 3.94. The predicted molar refractivity (Wildman–Crippen MR) is 99.3 cm³/mol. The number of Topliss-reactive ketones (excluding diaryl/α,β-unsaturated/α-hetero) is 1. The Bertz CT molecular complexity index is 780. The molecule has 2 aromatic rings. The molecule has 1 aromatic carbocycles. The van der Waals surface area contributed by atoms with Crippen molar-refractivity contribution in [3.05, 3.63) is 36.0 Å². The van der Waals surface area contributed by atoms with E-state index in [-0.39, 0.29) is 29.6 Å². The van der Waals surface area contributed by atoms with E-state index in [1.54, 1.807) is 6.92 Å². The van der Waals surface area contributed by atoms with Crippen LogP contribution in [-0.2, 0) is 9.59 Å². The van der Waals surface area contributed by atoms with Crippen LogP contribution in [0.15, 0.2) is 30.5 Å². The monoisotopic (exact) mass is 341 g/mol. The van der Waals surface area contributed by atoms with Crippen molar-refractivity contribution in [1.29, 1.82) is 0 Å². The van der Waals surface area contributed by atoms with Crippen LogP contribution in [0.3, 0.4) is 0 Å². The summed E-state index contributed by atoms with van der Waals surface area (Å²) >= 11 is 0. The molecule has 0 saturated carbocycles. The molecule has 1 unspecified atom stereocenters. The first-order valence-electron chi connectivity index (χ1n) is 9.04. The van der Waals surface area contributed by atoms with Crippen molar-refractivity contribution < 1.29 is 9.59 Å². The number of ketones is 1. The van der Waals surface area contributed by atoms with Crippen LogP contribution in [0.4, 0.5) is 0 Å². The van der Waals surface area contributed by atoms with Crippen molar-refractivity contribution >= 4 is 22.6 Å². The van der Waals surface area contributed by atoms with Gasteiger partial charge >= 0.3 is 0 Å². The summed E-state index contributed by atoms with van der Waals surface area (Å²) in [6.45, 7) is 6.21. The van der Waals surface area contributed by atoms with Gasteiger partial charge in [0.2, 0.25) is 5.91 Å². The van der Waals surface area contributed by atoms with Crippen molar-refractivity contribution in [3.8, 4) is 0 Å². The minimum atomic E-state index is -0.517. The Morgan fingerprint density at radius 1 is 1.28 bits per heavy atom. The molecule has 0 radical (unpaired) electrons. The normalized spacial score (nSPS) is 20.2. The number of aromatic amines is 1. The van der Waals surface area contributed by atoms with Gasteiger partial charge in [-0.2, -0.15) is 0 Å². The standard InChI is InChI=1S/C20H27N3O2/c1-12(2)19(21)20(25)23-10-6-9-17(23)18(13(3)24)15-11-22-16-8-5-4-7-14(15)16/h4-5,7-8,11-12,17-19,22H,6,9-10,21H2,1-3H3/t17-,18?,19-/m0/s1. The van der Waals surface area contributed by atoms with Gasteiger partial charge in [-0.15, -0.1) is 0 Å². The SMILES string of the molecule is CC(=O)C(c1c[nH]c2ccccc12)[C@@H]1CCCN1C(=O)[C@@H](N)C(C)C. The second-order valence-electron chi connectivity index (χ2n) is 7.39. The summed E-state index contributed by atoms with van der Waals surface area (Å²) in [7, 11) is 0. The topological polar surface area (TPSA) is 79.2 Å². The van der Waals surface area contributed by atoms with E-state index in [0.717, 1.165) is 29.3 Å². The van der Waals surface area contributed by atoms with Gasteiger partial charge in [0.25, 0.3) is 0 Å². The molecule has 1 aliphatic heterocycles. The number of likely N-dealkylation sites (tertiary alicyclic amines) is 1. The highest BCUT2D eigenvalue weighted by atomic mass is 16.2. The molecular weight excluding hydrogens is 314 g/mol. The van der Waals surface area contributed by atoms with Gasteiger partial charge in [0, 0.05) is 29.7 Å². The lowest BCUT2D eigenvalue weighted by molar-refractivity contribution is -0.135. The fraction of sp³-hybridized carbons (Fsp3) is 0.500. The molecule has 5 heteroatoms. The summed E-state index contributed by atoms with van der Waals surface area (Å²) < 4.78 is 0. The Kier molecular flexibility index (Phi) is 4.95. The Hall–Kier alpha value is -2.14. The lowest BCUT2D eigenvalue weighted by Gasteiger charge is -2.33. The lowest BCUT2D eigenvalue weighted by atomic mass is 9.86. The van der Waals surface area contributed by atoms with Crippen molar-refractivity contribution in [2.24, 2.45) is 11.7 Å². The zero-order valence-corrected chi connectivity index (χ0v) is 15.2. The zero-order chi connectivity index (χ0) is 18.1. The Morgan fingerprint density at radius 3 is 2.68 bits per heavy atom. The molecule has 0 bridgehead atoms. The van der Waals surface area contributed by atoms with Crippen LogP contribution in [0.5, 0.6) is 0 Å². The molecule has 1 fully saturated rings. The van der Waals surface area contributed by atoms with Gasteiger partial charge in [0.05, 0.1) is 12.0 Å². The number of H-pyrrole nitrogens is 1. The van der Waals surface area contributed by atoms with E-state index in [0.29, 0.717) is 6.54 Å². The van der Waals surface area contributed by atoms with Gasteiger partial charge < -0.3 is 15.6 Å². The van der Waals surface area contributed by atoms with E-state index in [2.05, 4.69) is 4.98 Å². The summed E-state index contributed by atoms with van der Waals surface area (Å²) in [4.78, 5) is 30.5. The minimum absolute atomic E-state index is 0.0383. The molecule has 1 amide bonds. The van der Waals surface area contributed by atoms with E-state index in [9.17, 15) is 9.59 Å². The predicted octanol–water partition coefficient (Wildman–Crippen LogP) is 2.81. The number of fused-ring (bicyclic) bond motifs is 1. The van der Waals surface area contributed by atoms with Crippen LogP contribution in [0.25, 0.3) is 10.9 Å². The van der Waals surface area contributed by atoms with Gasteiger partial charge in [-0.05, 0) is 37.3 Å². The van der Waals surface area contributed by atoms with Crippen LogP contribution in [0, 0.1) is 5.92 Å². The highest BCUT2D eigenvalue weighted by Crippen LogP contribution is 2.36. The third-order valence-corrected chi connectivity index (χ3v) is 5.36. The maximum atomic E-state index is 12.8. The van der Waals surface area contributed by atoms with E-state index in [1.807, 2.05) is 49.2 Å². The van der Waals surface area contributed by atoms with Gasteiger partial charge in [-0.1, -0.05) is 32.0 Å². The molecule has 3 N–H and O–H groups in total. The van der Waals surface area contributed by atoms with Crippen molar-refractivity contribution in [2.75, 3.05) is 6.54 Å². The van der Waals surface area contributed by atoms with Crippen LogP contribution in [-0.4, -0.2) is 40.2 Å². The highest BCUT2D eigenvalue weighted by Gasteiger charge is 2.40. The van der Waals surface area contributed by atoms with Crippen molar-refractivity contribution in [3.63, 3.8) is 0 Å². The van der Waals surface area contributed by atoms with Gasteiger partial charge in [-0.3, -0.25) is 9.59 Å². The van der Waals surface area contributed by atoms with Crippen LogP contribution >= 0.6 is 0 Å². The molecule has 0 aliphatic carbocycles. The van der Waals surface area contributed by atoms with E-state index in [4.69, 9.17) is 5.73 Å². The number of carbonyl (C=O) groups is 2. The molecule has 3 atom stereocenters. The van der Waals surface area contributed by atoms with Gasteiger partial charge in [0.1, 0.15) is 5.78 Å². The first-order chi connectivity index (χ1) is 11.9. The molecule has 1 aliphatic rings. The molecule has 25 heavy (non-hydrogen) atoms. The number of aromatic nitrogens is 1. The molecule has 3 rings (SSSR count). The Labute approximate surface area is 148 Å². The minimum Gasteiger partial charge on any atom is -0.361 e. The summed E-state index contributed by atoms with van der Waals surface area (Å²) in [5.41, 5.74) is 8.10. The molecule has 2 heterocycles. The third kappa shape index (κ3) is 3.21. The second-order valence-corrected chi connectivity index (χ2v) is 7.39. The van der Waals surface area contributed by atoms with Crippen LogP contribution in [0.2, 0.25) is 0 Å². The van der Waals surface area contributed by atoms with Crippen LogP contribution < -0.4 is 5.73 Å². The fourth-order valence-electron chi connectivity index (χ4n) is 3.94. The smallest absolute Gasteiger partial charge is 0.240 e. The summed E-state index contributed by atoms with van der Waals surface area (Å²) in [6.07, 6.45) is 3.66. The number of amides is 1. The lowest BCUT2D eigenvalue weighted by Crippen LogP contribution is -2.50. The Balaban J connectivity index is 1.97. The van der Waals surface area contributed by atoms with Gasteiger partial charge in [-0.25, -0.2) is 0 Å². The number of nitrogens with two attached hydrogens (primary N) is 1. The van der Waals surface area contributed by atoms with E-state index in [1.165, 1.54) is 0 Å². The van der Waals surface area contributed by atoms with E-state index < -0.39 is 6.04 Å². The van der Waals surface area contributed by atoms with Crippen molar-refractivity contribution in [2.45, 2.75) is 51.6 Å². The molecule has 0 spiro atoms. The zero-order valence-electron chi connectivity index (χ0n) is 15.2. The Morgan fingerprint density at radius 2 is 2.00 bits per heavy atom. The number of carbonyl (C=O) groups excluding carboxylic acids is 2. The maximum Gasteiger partial charge on any atom is 0.240 e. The summed E-state index contributed by atoms with van der Waals surface area (Å²) in [6, 6.07) is 7.34. The maximum absolute atomic E-state index is 12.8. The summed E-state index contributed by atoms with van der Waals surface area (Å²) in [5, 5.41) is 1.05. The number of hydrogen-bond acceptors (Lipinski definition) is 3. The number of benzene rings is 1. The molecule has 134 valence electrons. The number of hydrogen-bond donors (Lipinski definition) is 2. The third-order valence-electron chi connectivity index (χ3n) is 5.36. The average Bonchev–Trinajstić information content (AvgIpc) is 3.21. The first-order valence-corrected chi connectivity index (χ1v) is 9.04. The number of nitrogens with zero attached hydrogens (tertiary/aromatic N) is 1.